The zero-order valence-electron chi connectivity index (χ0n) is 22.6. The van der Waals surface area contributed by atoms with Crippen LogP contribution in [0.2, 0.25) is 85.1 Å². The van der Waals surface area contributed by atoms with Crippen molar-refractivity contribution in [2.75, 3.05) is 0 Å². The van der Waals surface area contributed by atoms with E-state index in [1.54, 1.807) is 0 Å². The molecule has 0 unspecified atom stereocenters. The average molecular weight is 547 g/mol. The zero-order valence-corrected chi connectivity index (χ0v) is 28.6. The molecule has 1 rings (SSSR count). The molecule has 0 fully saturated rings. The van der Waals surface area contributed by atoms with Gasteiger partial charge in [-0.1, -0.05) is 36.9 Å². The van der Waals surface area contributed by atoms with Crippen LogP contribution < -0.4 is 5.19 Å². The van der Waals surface area contributed by atoms with E-state index in [4.69, 9.17) is 20.6 Å². The molecule has 0 N–H and O–H groups in total. The second-order valence-electron chi connectivity index (χ2n) is 12.1. The van der Waals surface area contributed by atoms with E-state index >= 15 is 0 Å². The van der Waals surface area contributed by atoms with Gasteiger partial charge in [0, 0.05) is 0 Å². The van der Waals surface area contributed by atoms with Crippen LogP contribution in [0.25, 0.3) is 6.08 Å². The Morgan fingerprint density at radius 3 is 1.25 bits per heavy atom. The van der Waals surface area contributed by atoms with Crippen LogP contribution in [-0.4, -0.2) is 50.9 Å². The molecule has 0 saturated carbocycles. The maximum absolute atomic E-state index is 6.87. The summed E-state index contributed by atoms with van der Waals surface area (Å²) in [6, 6.07) is 8.47. The molecule has 32 heavy (non-hydrogen) atoms. The van der Waals surface area contributed by atoms with Gasteiger partial charge in [0.25, 0.3) is 0 Å². The molecule has 0 radical (unpaired) electrons. The first-order valence-corrected chi connectivity index (χ1v) is 28.9. The molecule has 0 aliphatic rings. The van der Waals surface area contributed by atoms with Gasteiger partial charge >= 0.3 is 17.6 Å². The SMILES string of the molecule is C=Cc1ccc([Si](C)(C)O[Si](C)(C)O[Si](O[Si](C)(C)C)(O[Si](C)(C)C)O[Si](C)(C)C)cc1. The summed E-state index contributed by atoms with van der Waals surface area (Å²) in [4.78, 5) is 0. The quantitative estimate of drug-likeness (QED) is 0.281. The second kappa shape index (κ2) is 10.4. The van der Waals surface area contributed by atoms with Crippen LogP contribution in [0.4, 0.5) is 0 Å². The molecule has 11 heteroatoms. The Labute approximate surface area is 203 Å². The molecule has 0 aromatic heterocycles. The van der Waals surface area contributed by atoms with Crippen molar-refractivity contribution in [2.24, 2.45) is 0 Å². The van der Waals surface area contributed by atoms with Crippen molar-refractivity contribution in [1.29, 1.82) is 0 Å². The molecule has 0 saturated heterocycles. The van der Waals surface area contributed by atoms with Crippen molar-refractivity contribution in [3.8, 4) is 0 Å². The minimum Gasteiger partial charge on any atom is -0.433 e. The molecular formula is C21H46O5Si6. The first-order valence-electron chi connectivity index (χ1n) is 11.3. The van der Waals surface area contributed by atoms with E-state index in [0.29, 0.717) is 0 Å². The molecule has 0 amide bonds. The Hall–Kier alpha value is 0.0613. The van der Waals surface area contributed by atoms with Crippen LogP contribution in [-0.2, 0) is 20.6 Å². The summed E-state index contributed by atoms with van der Waals surface area (Å²) < 4.78 is 33.8. The van der Waals surface area contributed by atoms with Gasteiger partial charge in [-0.25, -0.2) is 0 Å². The number of rotatable bonds is 12. The van der Waals surface area contributed by atoms with Crippen molar-refractivity contribution in [3.05, 3.63) is 36.4 Å². The topological polar surface area (TPSA) is 46.2 Å². The highest BCUT2D eigenvalue weighted by molar-refractivity contribution is 6.94. The first-order chi connectivity index (χ1) is 14.1. The van der Waals surface area contributed by atoms with E-state index in [-0.39, 0.29) is 0 Å². The van der Waals surface area contributed by atoms with Crippen LogP contribution in [0.15, 0.2) is 30.8 Å². The number of hydrogen-bond acceptors (Lipinski definition) is 5. The minimum absolute atomic E-state index is 1.10. The molecule has 5 nitrogen and oxygen atoms in total. The summed E-state index contributed by atoms with van der Waals surface area (Å²) in [5, 5.41) is 1.22. The molecule has 1 aromatic carbocycles. The smallest absolute Gasteiger partial charge is 0.433 e. The van der Waals surface area contributed by atoms with E-state index in [9.17, 15) is 0 Å². The highest BCUT2D eigenvalue weighted by atomic mass is 28.6. The molecule has 184 valence electrons. The summed E-state index contributed by atoms with van der Waals surface area (Å²) >= 11 is 0. The Bertz CT molecular complexity index is 720. The summed E-state index contributed by atoms with van der Waals surface area (Å²) in [5.41, 5.74) is 1.10. The summed E-state index contributed by atoms with van der Waals surface area (Å²) in [5.74, 6) is 0. The van der Waals surface area contributed by atoms with Gasteiger partial charge in [0.1, 0.15) is 0 Å². The van der Waals surface area contributed by atoms with Crippen molar-refractivity contribution >= 4 is 62.1 Å². The maximum atomic E-state index is 6.87. The Kier molecular flexibility index (Phi) is 9.74. The fourth-order valence-corrected chi connectivity index (χ4v) is 24.8. The van der Waals surface area contributed by atoms with Crippen molar-refractivity contribution in [2.45, 2.75) is 85.1 Å². The lowest BCUT2D eigenvalue weighted by atomic mass is 10.2. The lowest BCUT2D eigenvalue weighted by molar-refractivity contribution is 0.135. The van der Waals surface area contributed by atoms with E-state index < -0.39 is 50.9 Å². The van der Waals surface area contributed by atoms with E-state index in [0.717, 1.165) is 5.56 Å². The third kappa shape index (κ3) is 11.0. The summed E-state index contributed by atoms with van der Waals surface area (Å²) in [7, 11) is -14.4. The van der Waals surface area contributed by atoms with Crippen LogP contribution >= 0.6 is 0 Å². The molecule has 0 bridgehead atoms. The molecular weight excluding hydrogens is 501 g/mol. The number of hydrogen-bond donors (Lipinski definition) is 0. The van der Waals surface area contributed by atoms with Gasteiger partial charge in [0.05, 0.1) is 0 Å². The molecule has 0 atom stereocenters. The molecule has 0 aliphatic heterocycles. The monoisotopic (exact) mass is 546 g/mol. The fraction of sp³-hybridized carbons (Fsp3) is 0.619. The van der Waals surface area contributed by atoms with Crippen molar-refractivity contribution in [3.63, 3.8) is 0 Å². The van der Waals surface area contributed by atoms with Crippen molar-refractivity contribution in [1.82, 2.24) is 0 Å². The van der Waals surface area contributed by atoms with Gasteiger partial charge in [-0.15, -0.1) is 0 Å². The van der Waals surface area contributed by atoms with E-state index in [1.807, 2.05) is 6.08 Å². The highest BCUT2D eigenvalue weighted by Gasteiger charge is 2.57. The summed E-state index contributed by atoms with van der Waals surface area (Å²) in [6.45, 7) is 31.9. The molecule has 0 heterocycles. The second-order valence-corrected chi connectivity index (χ2v) is 36.2. The third-order valence-electron chi connectivity index (χ3n) is 4.01. The van der Waals surface area contributed by atoms with Crippen LogP contribution in [0, 0.1) is 0 Å². The third-order valence-corrected chi connectivity index (χ3v) is 23.1. The minimum atomic E-state index is -3.42. The maximum Gasteiger partial charge on any atom is 0.638 e. The summed E-state index contributed by atoms with van der Waals surface area (Å²) in [6.07, 6.45) is 1.86. The van der Waals surface area contributed by atoms with Crippen molar-refractivity contribution < 1.29 is 20.6 Å². The Morgan fingerprint density at radius 1 is 0.562 bits per heavy atom. The zero-order chi connectivity index (χ0) is 25.2. The highest BCUT2D eigenvalue weighted by Crippen LogP contribution is 2.31. The molecule has 0 aliphatic carbocycles. The van der Waals surface area contributed by atoms with Gasteiger partial charge in [0.15, 0.2) is 25.0 Å². The normalized spacial score (nSPS) is 14.5. The standard InChI is InChI=1S/C21H46O5Si6/c1-15-20-16-18-21(19-17-20)30(11,12)25-31(13,14)26-32(22-27(2,3)4,23-28(5,6)7)24-29(8,9)10/h15-19H,1H2,2-14H3. The predicted octanol–water partition coefficient (Wildman–Crippen LogP) is 6.47. The fourth-order valence-electron chi connectivity index (χ4n) is 3.27. The van der Waals surface area contributed by atoms with Crippen LogP contribution in [0.1, 0.15) is 5.56 Å². The Balaban J connectivity index is 3.35. The van der Waals surface area contributed by atoms with Gasteiger partial charge in [-0.2, -0.15) is 0 Å². The van der Waals surface area contributed by atoms with E-state index in [2.05, 4.69) is 116 Å². The largest absolute Gasteiger partial charge is 0.638 e. The van der Waals surface area contributed by atoms with Gasteiger partial charge in [-0.3, -0.25) is 0 Å². The lowest BCUT2D eigenvalue weighted by Gasteiger charge is -2.45. The van der Waals surface area contributed by atoms with Crippen LogP contribution in [0.5, 0.6) is 0 Å². The molecule has 1 aromatic rings. The molecule has 0 spiro atoms. The van der Waals surface area contributed by atoms with Crippen LogP contribution in [0.3, 0.4) is 0 Å². The first kappa shape index (κ1) is 30.1. The number of benzene rings is 1. The van der Waals surface area contributed by atoms with E-state index in [1.165, 1.54) is 5.19 Å². The van der Waals surface area contributed by atoms with Gasteiger partial charge in [0.2, 0.25) is 8.32 Å². The van der Waals surface area contributed by atoms with Gasteiger partial charge in [-0.05, 0) is 95.9 Å². The average Bonchev–Trinajstić information content (AvgIpc) is 2.47. The lowest BCUT2D eigenvalue weighted by Crippen LogP contribution is -2.67. The Morgan fingerprint density at radius 2 is 0.938 bits per heavy atom. The van der Waals surface area contributed by atoms with Gasteiger partial charge < -0.3 is 20.6 Å². The predicted molar refractivity (Wildman–Crippen MR) is 152 cm³/mol.